The Labute approximate surface area is 111 Å². The Kier molecular flexibility index (Phi) is 4.12. The van der Waals surface area contributed by atoms with E-state index in [1.54, 1.807) is 0 Å². The fourth-order valence-corrected chi connectivity index (χ4v) is 3.89. The Bertz CT molecular complexity index is 303. The first kappa shape index (κ1) is 14.0. The second kappa shape index (κ2) is 5.30. The van der Waals surface area contributed by atoms with Gasteiger partial charge in [0.2, 0.25) is 0 Å². The SMILES string of the molecule is CC1CCCC(C=O)(CN2CCCC(C)(O)C2)C1. The van der Waals surface area contributed by atoms with Gasteiger partial charge in [-0.2, -0.15) is 0 Å². The van der Waals surface area contributed by atoms with E-state index in [1.165, 1.54) is 19.1 Å². The maximum Gasteiger partial charge on any atom is 0.127 e. The van der Waals surface area contributed by atoms with Crippen molar-refractivity contribution in [2.75, 3.05) is 19.6 Å². The third-order valence-electron chi connectivity index (χ3n) is 4.67. The first-order chi connectivity index (χ1) is 8.45. The monoisotopic (exact) mass is 253 g/mol. The normalized spacial score (nSPS) is 42.7. The third kappa shape index (κ3) is 3.33. The van der Waals surface area contributed by atoms with Gasteiger partial charge < -0.3 is 9.90 Å². The zero-order valence-electron chi connectivity index (χ0n) is 11.8. The van der Waals surface area contributed by atoms with E-state index < -0.39 is 5.60 Å². The second-order valence-electron chi connectivity index (χ2n) is 6.99. The molecule has 3 heteroatoms. The van der Waals surface area contributed by atoms with Crippen molar-refractivity contribution in [1.29, 1.82) is 0 Å². The zero-order valence-corrected chi connectivity index (χ0v) is 11.8. The average Bonchev–Trinajstić information content (AvgIpc) is 2.27. The lowest BCUT2D eigenvalue weighted by Gasteiger charge is -2.43. The van der Waals surface area contributed by atoms with Crippen molar-refractivity contribution in [3.8, 4) is 0 Å². The summed E-state index contributed by atoms with van der Waals surface area (Å²) in [6.45, 7) is 6.76. The van der Waals surface area contributed by atoms with Gasteiger partial charge in [-0.1, -0.05) is 19.8 Å². The molecule has 18 heavy (non-hydrogen) atoms. The Hall–Kier alpha value is -0.410. The predicted molar refractivity (Wildman–Crippen MR) is 72.4 cm³/mol. The lowest BCUT2D eigenvalue weighted by atomic mass is 9.70. The fraction of sp³-hybridized carbons (Fsp3) is 0.933. The van der Waals surface area contributed by atoms with Crippen molar-refractivity contribution in [3.05, 3.63) is 0 Å². The van der Waals surface area contributed by atoms with Crippen LogP contribution >= 0.6 is 0 Å². The smallest absolute Gasteiger partial charge is 0.127 e. The fourth-order valence-electron chi connectivity index (χ4n) is 3.89. The highest BCUT2D eigenvalue weighted by Crippen LogP contribution is 2.39. The van der Waals surface area contributed by atoms with Crippen molar-refractivity contribution < 1.29 is 9.90 Å². The standard InChI is InChI=1S/C15H27NO2/c1-13-5-3-7-15(9-13,12-17)11-16-8-4-6-14(2,18)10-16/h12-13,18H,3-11H2,1-2H3. The molecule has 3 nitrogen and oxygen atoms in total. The van der Waals surface area contributed by atoms with Crippen LogP contribution in [0.15, 0.2) is 0 Å². The minimum Gasteiger partial charge on any atom is -0.389 e. The van der Waals surface area contributed by atoms with Gasteiger partial charge in [-0.15, -0.1) is 0 Å². The van der Waals surface area contributed by atoms with Gasteiger partial charge in [0, 0.05) is 18.5 Å². The predicted octanol–water partition coefficient (Wildman–Crippen LogP) is 2.23. The highest BCUT2D eigenvalue weighted by Gasteiger charge is 2.38. The summed E-state index contributed by atoms with van der Waals surface area (Å²) in [5.74, 6) is 0.661. The maximum absolute atomic E-state index is 11.6. The Balaban J connectivity index is 1.99. The van der Waals surface area contributed by atoms with Crippen LogP contribution in [0.4, 0.5) is 0 Å². The molecule has 1 aliphatic heterocycles. The maximum atomic E-state index is 11.6. The van der Waals surface area contributed by atoms with Gasteiger partial charge in [-0.3, -0.25) is 4.90 Å². The van der Waals surface area contributed by atoms with E-state index in [0.717, 1.165) is 45.3 Å². The highest BCUT2D eigenvalue weighted by molar-refractivity contribution is 5.60. The van der Waals surface area contributed by atoms with Gasteiger partial charge in [0.25, 0.3) is 0 Å². The van der Waals surface area contributed by atoms with Crippen molar-refractivity contribution in [3.63, 3.8) is 0 Å². The molecule has 2 aliphatic rings. The van der Waals surface area contributed by atoms with Crippen LogP contribution in [0.3, 0.4) is 0 Å². The van der Waals surface area contributed by atoms with Crippen LogP contribution in [0.1, 0.15) is 52.4 Å². The summed E-state index contributed by atoms with van der Waals surface area (Å²) in [5, 5.41) is 10.2. The van der Waals surface area contributed by atoms with Gasteiger partial charge in [0.1, 0.15) is 6.29 Å². The molecule has 0 amide bonds. The number of β-amino-alcohol motifs (C(OH)–C–C–N with tert-alkyl or cyclic N) is 1. The molecule has 1 N–H and O–H groups in total. The van der Waals surface area contributed by atoms with Crippen LogP contribution in [-0.4, -0.2) is 41.5 Å². The summed E-state index contributed by atoms with van der Waals surface area (Å²) in [5.41, 5.74) is -0.715. The van der Waals surface area contributed by atoms with E-state index in [9.17, 15) is 9.90 Å². The number of carbonyl (C=O) groups excluding carboxylic acids is 1. The molecule has 0 aromatic carbocycles. The van der Waals surface area contributed by atoms with E-state index >= 15 is 0 Å². The van der Waals surface area contributed by atoms with Crippen LogP contribution in [-0.2, 0) is 4.79 Å². The molecule has 2 rings (SSSR count). The van der Waals surface area contributed by atoms with Crippen molar-refractivity contribution >= 4 is 6.29 Å². The zero-order chi connectivity index (χ0) is 13.2. The van der Waals surface area contributed by atoms with Gasteiger partial charge in [0.05, 0.1) is 5.60 Å². The van der Waals surface area contributed by atoms with Gasteiger partial charge >= 0.3 is 0 Å². The van der Waals surface area contributed by atoms with Gasteiger partial charge in [0.15, 0.2) is 0 Å². The average molecular weight is 253 g/mol. The van der Waals surface area contributed by atoms with E-state index in [0.29, 0.717) is 5.92 Å². The molecule has 0 aromatic rings. The van der Waals surface area contributed by atoms with Crippen LogP contribution < -0.4 is 0 Å². The molecule has 2 fully saturated rings. The lowest BCUT2D eigenvalue weighted by Crippen LogP contribution is -2.51. The number of nitrogens with zero attached hydrogens (tertiary/aromatic N) is 1. The van der Waals surface area contributed by atoms with Crippen LogP contribution in [0, 0.1) is 11.3 Å². The van der Waals surface area contributed by atoms with E-state index in [1.807, 2.05) is 6.92 Å². The second-order valence-corrected chi connectivity index (χ2v) is 6.99. The molecule has 3 atom stereocenters. The van der Waals surface area contributed by atoms with Crippen LogP contribution in [0.5, 0.6) is 0 Å². The lowest BCUT2D eigenvalue weighted by molar-refractivity contribution is -0.121. The van der Waals surface area contributed by atoms with Crippen molar-refractivity contribution in [1.82, 2.24) is 4.90 Å². The quantitative estimate of drug-likeness (QED) is 0.784. The summed E-state index contributed by atoms with van der Waals surface area (Å²) in [6, 6.07) is 0. The number of likely N-dealkylation sites (tertiary alicyclic amines) is 1. The number of hydrogen-bond acceptors (Lipinski definition) is 3. The summed E-state index contributed by atoms with van der Waals surface area (Å²) in [4.78, 5) is 13.9. The largest absolute Gasteiger partial charge is 0.389 e. The first-order valence-electron chi connectivity index (χ1n) is 7.36. The third-order valence-corrected chi connectivity index (χ3v) is 4.67. The van der Waals surface area contributed by atoms with Crippen molar-refractivity contribution in [2.45, 2.75) is 58.0 Å². The molecule has 1 aliphatic carbocycles. The van der Waals surface area contributed by atoms with Crippen molar-refractivity contribution in [2.24, 2.45) is 11.3 Å². The first-order valence-corrected chi connectivity index (χ1v) is 7.36. The Morgan fingerprint density at radius 2 is 2.17 bits per heavy atom. The molecule has 3 unspecified atom stereocenters. The molecule has 1 heterocycles. The molecular weight excluding hydrogens is 226 g/mol. The Morgan fingerprint density at radius 3 is 2.78 bits per heavy atom. The topological polar surface area (TPSA) is 40.5 Å². The minimum absolute atomic E-state index is 0.148. The molecule has 1 saturated heterocycles. The van der Waals surface area contributed by atoms with E-state index in [2.05, 4.69) is 11.8 Å². The summed E-state index contributed by atoms with van der Waals surface area (Å²) in [7, 11) is 0. The van der Waals surface area contributed by atoms with Crippen LogP contribution in [0.25, 0.3) is 0 Å². The molecule has 0 aromatic heterocycles. The summed E-state index contributed by atoms with van der Waals surface area (Å²) in [6.07, 6.45) is 7.60. The molecular formula is C15H27NO2. The molecule has 0 radical (unpaired) electrons. The molecule has 0 spiro atoms. The number of carbonyl (C=O) groups is 1. The minimum atomic E-state index is -0.567. The van der Waals surface area contributed by atoms with Gasteiger partial charge in [-0.05, 0) is 45.1 Å². The van der Waals surface area contributed by atoms with Gasteiger partial charge in [-0.25, -0.2) is 0 Å². The molecule has 0 bridgehead atoms. The number of hydrogen-bond donors (Lipinski definition) is 1. The van der Waals surface area contributed by atoms with E-state index in [4.69, 9.17) is 0 Å². The molecule has 1 saturated carbocycles. The van der Waals surface area contributed by atoms with E-state index in [-0.39, 0.29) is 5.41 Å². The van der Waals surface area contributed by atoms with Crippen LogP contribution in [0.2, 0.25) is 0 Å². The number of rotatable bonds is 3. The Morgan fingerprint density at radius 1 is 1.39 bits per heavy atom. The highest BCUT2D eigenvalue weighted by atomic mass is 16.3. The number of aliphatic hydroxyl groups is 1. The summed E-state index contributed by atoms with van der Waals surface area (Å²) < 4.78 is 0. The molecule has 104 valence electrons. The number of piperidine rings is 1. The number of aldehydes is 1. The summed E-state index contributed by atoms with van der Waals surface area (Å²) >= 11 is 0.